The number of phenolic OH excluding ortho intramolecular Hbond substituents is 2. The number of phenols is 2. The molecule has 3 aromatic carbocycles. The Kier molecular flexibility index (Phi) is 5.98. The minimum absolute atomic E-state index is 0.0223. The Bertz CT molecular complexity index is 1190. The van der Waals surface area contributed by atoms with Gasteiger partial charge in [-0.3, -0.25) is 4.55 Å². The molecule has 0 amide bonds. The highest BCUT2D eigenvalue weighted by atomic mass is 35.5. The Morgan fingerprint density at radius 3 is 2.07 bits per heavy atom. The van der Waals surface area contributed by atoms with Crippen LogP contribution >= 0.6 is 46.4 Å². The highest BCUT2D eigenvalue weighted by Crippen LogP contribution is 2.53. The zero-order chi connectivity index (χ0) is 21.6. The smallest absolute Gasteiger partial charge is 0.283 e. The molecule has 0 saturated carbocycles. The summed E-state index contributed by atoms with van der Waals surface area (Å²) in [6.45, 7) is 0. The lowest BCUT2D eigenvalue weighted by Gasteiger charge is -2.34. The Morgan fingerprint density at radius 2 is 1.48 bits per heavy atom. The first-order valence-electron chi connectivity index (χ1n) is 7.89. The molecule has 3 rings (SSSR count). The van der Waals surface area contributed by atoms with E-state index in [2.05, 4.69) is 0 Å². The SMILES string of the molecule is O=S(=O)(O)C(c1cccc(O)c1)(c1cc(Cl)cc(Cl)c1Cl)c1c(O)cccc1Cl. The molecule has 1 unspecified atom stereocenters. The third-order valence-corrected chi connectivity index (χ3v) is 7.12. The molecule has 152 valence electrons. The summed E-state index contributed by atoms with van der Waals surface area (Å²) < 4.78 is 34.0. The van der Waals surface area contributed by atoms with Gasteiger partial charge in [0.1, 0.15) is 11.5 Å². The van der Waals surface area contributed by atoms with Crippen molar-refractivity contribution in [1.29, 1.82) is 0 Å². The summed E-state index contributed by atoms with van der Waals surface area (Å²) in [7, 11) is -5.16. The van der Waals surface area contributed by atoms with Gasteiger partial charge in [-0.15, -0.1) is 0 Å². The van der Waals surface area contributed by atoms with E-state index in [9.17, 15) is 23.2 Å². The molecule has 0 bridgehead atoms. The molecule has 0 saturated heterocycles. The summed E-state index contributed by atoms with van der Waals surface area (Å²) in [5.41, 5.74) is -0.785. The molecule has 5 nitrogen and oxygen atoms in total. The maximum Gasteiger partial charge on any atom is 0.283 e. The van der Waals surface area contributed by atoms with Crippen LogP contribution in [0.15, 0.2) is 54.6 Å². The zero-order valence-corrected chi connectivity index (χ0v) is 18.1. The van der Waals surface area contributed by atoms with E-state index in [1.807, 2.05) is 0 Å². The van der Waals surface area contributed by atoms with Crippen LogP contribution in [0.5, 0.6) is 11.5 Å². The van der Waals surface area contributed by atoms with Crippen molar-refractivity contribution in [3.8, 4) is 11.5 Å². The van der Waals surface area contributed by atoms with Gasteiger partial charge in [0.15, 0.2) is 4.75 Å². The van der Waals surface area contributed by atoms with Gasteiger partial charge in [-0.2, -0.15) is 8.42 Å². The molecule has 3 aromatic rings. The lowest BCUT2D eigenvalue weighted by Crippen LogP contribution is -2.39. The second-order valence-corrected chi connectivity index (χ2v) is 9.28. The molecule has 0 radical (unpaired) electrons. The van der Waals surface area contributed by atoms with E-state index in [0.29, 0.717) is 0 Å². The topological polar surface area (TPSA) is 94.8 Å². The molecule has 1 atom stereocenters. The van der Waals surface area contributed by atoms with Crippen LogP contribution in [-0.2, 0) is 14.9 Å². The summed E-state index contributed by atoms with van der Waals surface area (Å²) in [6.07, 6.45) is 0. The Balaban J connectivity index is 2.68. The van der Waals surface area contributed by atoms with E-state index in [-0.39, 0.29) is 42.5 Å². The van der Waals surface area contributed by atoms with Gasteiger partial charge in [-0.1, -0.05) is 64.6 Å². The van der Waals surface area contributed by atoms with Crippen LogP contribution in [0.2, 0.25) is 20.1 Å². The summed E-state index contributed by atoms with van der Waals surface area (Å²) in [5, 5.41) is 20.1. The molecule has 10 heteroatoms. The monoisotopic (exact) mass is 492 g/mol. The van der Waals surface area contributed by atoms with Crippen LogP contribution in [0.1, 0.15) is 16.7 Å². The van der Waals surface area contributed by atoms with Gasteiger partial charge in [0.05, 0.1) is 10.0 Å². The van der Waals surface area contributed by atoms with Crippen molar-refractivity contribution >= 4 is 56.5 Å². The molecule has 0 fully saturated rings. The van der Waals surface area contributed by atoms with E-state index in [4.69, 9.17) is 46.4 Å². The average molecular weight is 494 g/mol. The molecule has 3 N–H and O–H groups in total. The normalized spacial score (nSPS) is 13.8. The van der Waals surface area contributed by atoms with Gasteiger partial charge >= 0.3 is 0 Å². The van der Waals surface area contributed by atoms with E-state index < -0.39 is 20.6 Å². The van der Waals surface area contributed by atoms with Gasteiger partial charge < -0.3 is 10.2 Å². The minimum Gasteiger partial charge on any atom is -0.508 e. The van der Waals surface area contributed by atoms with Gasteiger partial charge in [0, 0.05) is 21.2 Å². The number of hydrogen-bond donors (Lipinski definition) is 3. The van der Waals surface area contributed by atoms with Crippen molar-refractivity contribution in [1.82, 2.24) is 0 Å². The second kappa shape index (κ2) is 7.87. The van der Waals surface area contributed by atoms with Crippen LogP contribution < -0.4 is 0 Å². The predicted molar refractivity (Wildman–Crippen MR) is 114 cm³/mol. The van der Waals surface area contributed by atoms with Gasteiger partial charge in [-0.05, 0) is 42.0 Å². The lowest BCUT2D eigenvalue weighted by atomic mass is 9.83. The van der Waals surface area contributed by atoms with E-state index in [1.165, 1.54) is 48.5 Å². The van der Waals surface area contributed by atoms with Crippen molar-refractivity contribution < 1.29 is 23.2 Å². The average Bonchev–Trinajstić information content (AvgIpc) is 2.60. The Morgan fingerprint density at radius 1 is 0.828 bits per heavy atom. The highest BCUT2D eigenvalue weighted by Gasteiger charge is 2.53. The van der Waals surface area contributed by atoms with E-state index in [0.717, 1.165) is 6.07 Å². The predicted octanol–water partition coefficient (Wildman–Crippen LogP) is 5.89. The van der Waals surface area contributed by atoms with Crippen LogP contribution in [0.3, 0.4) is 0 Å². The first-order chi connectivity index (χ1) is 13.5. The highest BCUT2D eigenvalue weighted by molar-refractivity contribution is 7.87. The summed E-state index contributed by atoms with van der Waals surface area (Å²) in [5.74, 6) is -0.836. The molecule has 0 aliphatic heterocycles. The van der Waals surface area contributed by atoms with Gasteiger partial charge in [0.2, 0.25) is 0 Å². The number of aromatic hydroxyl groups is 2. The third kappa shape index (κ3) is 3.65. The standard InChI is InChI=1S/C19H12Cl4O5S/c20-11-8-13(18(23)15(22)9-11)19(29(26,27)28,10-3-1-4-12(24)7-10)17-14(21)5-2-6-16(17)25/h1-9,24-25H,(H,26,27,28). The number of hydrogen-bond acceptors (Lipinski definition) is 4. The quantitative estimate of drug-likeness (QED) is 0.239. The molecular weight excluding hydrogens is 482 g/mol. The molecule has 0 spiro atoms. The van der Waals surface area contributed by atoms with Crippen molar-refractivity contribution in [2.75, 3.05) is 0 Å². The summed E-state index contributed by atoms with van der Waals surface area (Å²) in [6, 6.07) is 11.5. The van der Waals surface area contributed by atoms with Crippen molar-refractivity contribution in [2.45, 2.75) is 4.75 Å². The number of benzene rings is 3. The van der Waals surface area contributed by atoms with Gasteiger partial charge in [0.25, 0.3) is 10.1 Å². The maximum absolute atomic E-state index is 13.0. The Hall–Kier alpha value is -1.67. The zero-order valence-electron chi connectivity index (χ0n) is 14.3. The first kappa shape index (κ1) is 22.0. The Labute approximate surface area is 186 Å². The van der Waals surface area contributed by atoms with Crippen LogP contribution in [-0.4, -0.2) is 23.2 Å². The fraction of sp³-hybridized carbons (Fsp3) is 0.0526. The van der Waals surface area contributed by atoms with Crippen molar-refractivity contribution in [2.24, 2.45) is 0 Å². The van der Waals surface area contributed by atoms with Gasteiger partial charge in [-0.25, -0.2) is 0 Å². The van der Waals surface area contributed by atoms with E-state index >= 15 is 0 Å². The molecule has 0 heterocycles. The molecule has 0 aliphatic carbocycles. The van der Waals surface area contributed by atoms with Crippen molar-refractivity contribution in [3.63, 3.8) is 0 Å². The third-order valence-electron chi connectivity index (χ3n) is 4.36. The fourth-order valence-electron chi connectivity index (χ4n) is 3.25. The second-order valence-electron chi connectivity index (χ2n) is 6.09. The number of rotatable bonds is 4. The summed E-state index contributed by atoms with van der Waals surface area (Å²) >= 11 is 24.9. The maximum atomic E-state index is 13.0. The lowest BCUT2D eigenvalue weighted by molar-refractivity contribution is 0.439. The molecule has 0 aromatic heterocycles. The largest absolute Gasteiger partial charge is 0.508 e. The fourth-order valence-corrected chi connectivity index (χ4v) is 5.75. The van der Waals surface area contributed by atoms with Crippen LogP contribution in [0.4, 0.5) is 0 Å². The summed E-state index contributed by atoms with van der Waals surface area (Å²) in [4.78, 5) is 0. The van der Waals surface area contributed by atoms with Crippen molar-refractivity contribution in [3.05, 3.63) is 91.4 Å². The van der Waals surface area contributed by atoms with Crippen LogP contribution in [0, 0.1) is 0 Å². The molecule has 29 heavy (non-hydrogen) atoms. The molecule has 0 aliphatic rings. The van der Waals surface area contributed by atoms with Crippen LogP contribution in [0.25, 0.3) is 0 Å². The number of halogens is 4. The molecular formula is C19H12Cl4O5S. The van der Waals surface area contributed by atoms with E-state index in [1.54, 1.807) is 0 Å². The minimum atomic E-state index is -5.16. The first-order valence-corrected chi connectivity index (χ1v) is 10.8.